The Labute approximate surface area is 243 Å². The highest BCUT2D eigenvalue weighted by Crippen LogP contribution is 2.38. The van der Waals surface area contributed by atoms with E-state index in [0.717, 1.165) is 56.1 Å². The molecule has 4 aromatic rings. The van der Waals surface area contributed by atoms with Crippen LogP contribution >= 0.6 is 0 Å². The van der Waals surface area contributed by atoms with Crippen molar-refractivity contribution in [3.05, 3.63) is 108 Å². The molecule has 0 spiro atoms. The van der Waals surface area contributed by atoms with Crippen LogP contribution in [0, 0.1) is 11.6 Å². The number of pyridine rings is 1. The molecule has 0 unspecified atom stereocenters. The number of halogens is 2. The number of nitrogens with one attached hydrogen (secondary N) is 1. The molecule has 42 heavy (non-hydrogen) atoms. The Hall–Kier alpha value is -4.51. The van der Waals surface area contributed by atoms with Gasteiger partial charge < -0.3 is 14.4 Å². The summed E-state index contributed by atoms with van der Waals surface area (Å²) < 4.78 is 66.7. The van der Waals surface area contributed by atoms with Gasteiger partial charge in [-0.1, -0.05) is 6.07 Å². The SMILES string of the molecule is COc1ccc(N(Cc2cncc(F)c2)c2cccc(C(=O)NS(=O)(=O)c3ccc(F)cc3)c2)cc1OC1CCCC1. The zero-order valence-electron chi connectivity index (χ0n) is 22.8. The summed E-state index contributed by atoms with van der Waals surface area (Å²) in [5, 5.41) is 0. The molecule has 1 heterocycles. The maximum Gasteiger partial charge on any atom is 0.265 e. The lowest BCUT2D eigenvalue weighted by molar-refractivity contribution is 0.0981. The number of aromatic nitrogens is 1. The number of benzene rings is 3. The number of anilines is 2. The second kappa shape index (κ2) is 12.6. The van der Waals surface area contributed by atoms with E-state index in [0.29, 0.717) is 28.4 Å². The van der Waals surface area contributed by atoms with Gasteiger partial charge in [0.15, 0.2) is 11.5 Å². The molecule has 0 saturated heterocycles. The van der Waals surface area contributed by atoms with E-state index >= 15 is 0 Å². The first-order chi connectivity index (χ1) is 20.2. The third-order valence-electron chi connectivity index (χ3n) is 6.93. The van der Waals surface area contributed by atoms with Crippen LogP contribution in [-0.2, 0) is 16.6 Å². The van der Waals surface area contributed by atoms with Gasteiger partial charge in [0.2, 0.25) is 0 Å². The molecule has 8 nitrogen and oxygen atoms in total. The average molecular weight is 594 g/mol. The molecule has 0 aliphatic heterocycles. The number of carbonyl (C=O) groups excluding carboxylic acids is 1. The maximum absolute atomic E-state index is 14.1. The zero-order chi connectivity index (χ0) is 29.7. The quantitative estimate of drug-likeness (QED) is 0.236. The molecule has 1 fully saturated rings. The van der Waals surface area contributed by atoms with Crippen molar-refractivity contribution in [2.24, 2.45) is 0 Å². The Kier molecular flexibility index (Phi) is 8.67. The Morgan fingerprint density at radius 3 is 2.38 bits per heavy atom. The van der Waals surface area contributed by atoms with Gasteiger partial charge in [-0.05, 0) is 91.9 Å². The molecule has 1 aliphatic rings. The number of carbonyl (C=O) groups is 1. The first-order valence-electron chi connectivity index (χ1n) is 13.4. The lowest BCUT2D eigenvalue weighted by atomic mass is 10.1. The maximum atomic E-state index is 14.1. The number of ether oxygens (including phenoxy) is 2. The van der Waals surface area contributed by atoms with Crippen molar-refractivity contribution in [1.82, 2.24) is 9.71 Å². The van der Waals surface area contributed by atoms with Crippen LogP contribution in [0.3, 0.4) is 0 Å². The normalized spacial score (nSPS) is 13.5. The van der Waals surface area contributed by atoms with E-state index in [9.17, 15) is 22.0 Å². The molecule has 3 aromatic carbocycles. The molecule has 1 aromatic heterocycles. The summed E-state index contributed by atoms with van der Waals surface area (Å²) in [5.74, 6) is -0.835. The average Bonchev–Trinajstić information content (AvgIpc) is 3.49. The lowest BCUT2D eigenvalue weighted by Gasteiger charge is -2.27. The molecule has 0 radical (unpaired) electrons. The topological polar surface area (TPSA) is 97.8 Å². The molecule has 1 N–H and O–H groups in total. The highest BCUT2D eigenvalue weighted by Gasteiger charge is 2.22. The standard InChI is InChI=1S/C31H29F2N3O5S/c1-40-29-14-11-26(17-30(29)41-27-7-2-3-8-27)36(20-21-15-24(33)19-34-18-21)25-6-4-5-22(16-25)31(37)35-42(38,39)28-12-9-23(32)10-13-28/h4-6,9-19,27H,2-3,7-8,20H2,1H3,(H,35,37). The van der Waals surface area contributed by atoms with Crippen molar-refractivity contribution in [3.8, 4) is 11.5 Å². The number of sulfonamides is 1. The number of amides is 1. The van der Waals surface area contributed by atoms with Gasteiger partial charge in [0.25, 0.3) is 15.9 Å². The summed E-state index contributed by atoms with van der Waals surface area (Å²) in [6.07, 6.45) is 6.82. The Balaban J connectivity index is 1.49. The summed E-state index contributed by atoms with van der Waals surface area (Å²) in [5.41, 5.74) is 1.84. The van der Waals surface area contributed by atoms with E-state index in [-0.39, 0.29) is 23.1 Å². The first-order valence-corrected chi connectivity index (χ1v) is 14.8. The van der Waals surface area contributed by atoms with Gasteiger partial charge in [-0.25, -0.2) is 21.9 Å². The van der Waals surface area contributed by atoms with Gasteiger partial charge in [-0.2, -0.15) is 0 Å². The molecule has 1 amide bonds. The molecule has 0 bridgehead atoms. The minimum Gasteiger partial charge on any atom is -0.493 e. The number of hydrogen-bond donors (Lipinski definition) is 1. The fraction of sp³-hybridized carbons (Fsp3) is 0.226. The van der Waals surface area contributed by atoms with E-state index in [1.807, 2.05) is 21.8 Å². The molecule has 1 aliphatic carbocycles. The Bertz CT molecular complexity index is 1680. The minimum atomic E-state index is -4.25. The molecule has 5 rings (SSSR count). The summed E-state index contributed by atoms with van der Waals surface area (Å²) in [6.45, 7) is 0.179. The molecular formula is C31H29F2N3O5S. The van der Waals surface area contributed by atoms with E-state index < -0.39 is 27.6 Å². The van der Waals surface area contributed by atoms with Gasteiger partial charge in [-0.15, -0.1) is 0 Å². The molecule has 0 atom stereocenters. The highest BCUT2D eigenvalue weighted by molar-refractivity contribution is 7.90. The number of hydrogen-bond acceptors (Lipinski definition) is 7. The van der Waals surface area contributed by atoms with Crippen LogP contribution in [0.2, 0.25) is 0 Å². The molecule has 218 valence electrons. The van der Waals surface area contributed by atoms with Crippen LogP contribution in [0.4, 0.5) is 20.2 Å². The van der Waals surface area contributed by atoms with Crippen molar-refractivity contribution >= 4 is 27.3 Å². The van der Waals surface area contributed by atoms with Crippen LogP contribution in [0.25, 0.3) is 0 Å². The largest absolute Gasteiger partial charge is 0.493 e. The van der Waals surface area contributed by atoms with Crippen LogP contribution in [0.15, 0.2) is 90.1 Å². The summed E-state index contributed by atoms with van der Waals surface area (Å²) in [7, 11) is -2.68. The van der Waals surface area contributed by atoms with Gasteiger partial charge in [0, 0.05) is 35.7 Å². The summed E-state index contributed by atoms with van der Waals surface area (Å²) in [6, 6.07) is 17.3. The van der Waals surface area contributed by atoms with Crippen LogP contribution in [0.1, 0.15) is 41.6 Å². The van der Waals surface area contributed by atoms with Crippen molar-refractivity contribution < 1.29 is 31.5 Å². The fourth-order valence-electron chi connectivity index (χ4n) is 4.84. The molecule has 1 saturated carbocycles. The Morgan fingerprint density at radius 2 is 1.67 bits per heavy atom. The van der Waals surface area contributed by atoms with Crippen LogP contribution in [0.5, 0.6) is 11.5 Å². The van der Waals surface area contributed by atoms with Crippen molar-refractivity contribution in [2.45, 2.75) is 43.2 Å². The number of rotatable bonds is 10. The number of methoxy groups -OCH3 is 1. The lowest BCUT2D eigenvalue weighted by Crippen LogP contribution is -2.30. The molecular weight excluding hydrogens is 564 g/mol. The second-order valence-corrected chi connectivity index (χ2v) is 11.6. The first kappa shape index (κ1) is 29.0. The third kappa shape index (κ3) is 6.85. The smallest absolute Gasteiger partial charge is 0.265 e. The predicted octanol–water partition coefficient (Wildman–Crippen LogP) is 6.15. The monoisotopic (exact) mass is 593 g/mol. The van der Waals surface area contributed by atoms with Crippen molar-refractivity contribution in [1.29, 1.82) is 0 Å². The van der Waals surface area contributed by atoms with E-state index in [4.69, 9.17) is 9.47 Å². The van der Waals surface area contributed by atoms with E-state index in [2.05, 4.69) is 4.98 Å². The molecule has 11 heteroatoms. The van der Waals surface area contributed by atoms with Crippen LogP contribution < -0.4 is 19.1 Å². The highest BCUT2D eigenvalue weighted by atomic mass is 32.2. The Morgan fingerprint density at radius 1 is 0.929 bits per heavy atom. The van der Waals surface area contributed by atoms with Gasteiger partial charge in [0.05, 0.1) is 24.3 Å². The fourth-order valence-corrected chi connectivity index (χ4v) is 5.81. The zero-order valence-corrected chi connectivity index (χ0v) is 23.6. The van der Waals surface area contributed by atoms with Crippen molar-refractivity contribution in [3.63, 3.8) is 0 Å². The van der Waals surface area contributed by atoms with E-state index in [1.54, 1.807) is 31.5 Å². The van der Waals surface area contributed by atoms with Gasteiger partial charge >= 0.3 is 0 Å². The third-order valence-corrected chi connectivity index (χ3v) is 8.27. The second-order valence-electron chi connectivity index (χ2n) is 9.90. The number of nitrogens with zero attached hydrogens (tertiary/aromatic N) is 2. The van der Waals surface area contributed by atoms with Crippen LogP contribution in [-0.4, -0.2) is 32.5 Å². The minimum absolute atomic E-state index is 0.0662. The van der Waals surface area contributed by atoms with Gasteiger partial charge in [0.1, 0.15) is 11.6 Å². The predicted molar refractivity (Wildman–Crippen MR) is 153 cm³/mol. The summed E-state index contributed by atoms with van der Waals surface area (Å²) >= 11 is 0. The summed E-state index contributed by atoms with van der Waals surface area (Å²) in [4.78, 5) is 18.6. The van der Waals surface area contributed by atoms with E-state index in [1.165, 1.54) is 18.2 Å². The van der Waals surface area contributed by atoms with Crippen molar-refractivity contribution in [2.75, 3.05) is 12.0 Å². The van der Waals surface area contributed by atoms with Gasteiger partial charge in [-0.3, -0.25) is 9.78 Å².